The second kappa shape index (κ2) is 6.04. The van der Waals surface area contributed by atoms with Gasteiger partial charge in [0.1, 0.15) is 5.75 Å². The zero-order valence-corrected chi connectivity index (χ0v) is 14.5. The van der Waals surface area contributed by atoms with Crippen LogP contribution in [0, 0.1) is 0 Å². The maximum Gasteiger partial charge on any atom is 0.242 e. The Bertz CT molecular complexity index is 361. The average Bonchev–Trinajstić information content (AvgIpc) is 2.16. The highest BCUT2D eigenvalue weighted by atomic mass is 28.4. The fourth-order valence-corrected chi connectivity index (χ4v) is 3.11. The van der Waals surface area contributed by atoms with Crippen molar-refractivity contribution in [3.8, 4) is 5.75 Å². The van der Waals surface area contributed by atoms with E-state index in [1.165, 1.54) is 5.56 Å². The average molecular weight is 283 g/mol. The van der Waals surface area contributed by atoms with Crippen LogP contribution in [0.4, 0.5) is 0 Å². The number of rotatable bonds is 6. The molecule has 4 heteroatoms. The summed E-state index contributed by atoms with van der Waals surface area (Å²) in [5.41, 5.74) is 1.32. The first-order valence-electron chi connectivity index (χ1n) is 6.58. The van der Waals surface area contributed by atoms with Crippen molar-refractivity contribution in [2.24, 2.45) is 0 Å². The van der Waals surface area contributed by atoms with Crippen LogP contribution in [-0.2, 0) is 10.8 Å². The van der Waals surface area contributed by atoms with Gasteiger partial charge in [-0.1, -0.05) is 12.1 Å². The van der Waals surface area contributed by atoms with E-state index < -0.39 is 16.6 Å². The minimum Gasteiger partial charge on any atom is -0.544 e. The molecule has 0 bridgehead atoms. The van der Waals surface area contributed by atoms with Gasteiger partial charge in [-0.15, -0.1) is 0 Å². The minimum atomic E-state index is -1.48. The van der Waals surface area contributed by atoms with Crippen LogP contribution in [-0.4, -0.2) is 23.2 Å². The van der Waals surface area contributed by atoms with Crippen LogP contribution in [0.5, 0.6) is 5.75 Å². The molecule has 0 amide bonds. The van der Waals surface area contributed by atoms with Gasteiger partial charge in [0.2, 0.25) is 8.32 Å². The van der Waals surface area contributed by atoms with Gasteiger partial charge in [-0.2, -0.15) is 0 Å². The molecule has 0 heterocycles. The fraction of sp³-hybridized carbons (Fsp3) is 0.571. The number of hydrogen-bond acceptors (Lipinski definition) is 2. The largest absolute Gasteiger partial charge is 0.544 e. The molecule has 0 radical (unpaired) electrons. The Labute approximate surface area is 114 Å². The molecule has 1 aromatic carbocycles. The van der Waals surface area contributed by atoms with Gasteiger partial charge in [0.05, 0.1) is 0 Å². The van der Waals surface area contributed by atoms with Crippen LogP contribution >= 0.6 is 0 Å². The zero-order chi connectivity index (χ0) is 13.8. The highest BCUT2D eigenvalue weighted by Crippen LogP contribution is 2.17. The molecule has 0 N–H and O–H groups in total. The van der Waals surface area contributed by atoms with Crippen molar-refractivity contribution in [2.75, 3.05) is 6.61 Å². The first-order valence-corrected chi connectivity index (χ1v) is 13.4. The Balaban J connectivity index is 2.46. The van der Waals surface area contributed by atoms with Crippen molar-refractivity contribution in [2.45, 2.75) is 45.7 Å². The zero-order valence-electron chi connectivity index (χ0n) is 12.5. The molecule has 0 unspecified atom stereocenters. The topological polar surface area (TPSA) is 18.5 Å². The monoisotopic (exact) mass is 282 g/mol. The summed E-state index contributed by atoms with van der Waals surface area (Å²) >= 11 is 0. The highest BCUT2D eigenvalue weighted by molar-refractivity contribution is 6.70. The molecular weight excluding hydrogens is 256 g/mol. The van der Waals surface area contributed by atoms with Crippen molar-refractivity contribution in [3.05, 3.63) is 29.8 Å². The van der Waals surface area contributed by atoms with Gasteiger partial charge >= 0.3 is 0 Å². The Hall–Kier alpha value is -0.586. The molecule has 1 aromatic rings. The molecule has 102 valence electrons. The molecule has 0 spiro atoms. The third-order valence-corrected chi connectivity index (χ3v) is 4.19. The van der Waals surface area contributed by atoms with Crippen molar-refractivity contribution >= 4 is 16.6 Å². The molecule has 0 fully saturated rings. The third kappa shape index (κ3) is 6.98. The molecule has 0 aliphatic carbocycles. The molecule has 0 aromatic heterocycles. The Morgan fingerprint density at radius 3 is 1.83 bits per heavy atom. The van der Waals surface area contributed by atoms with E-state index in [1.807, 2.05) is 0 Å². The van der Waals surface area contributed by atoms with Crippen LogP contribution in [0.2, 0.25) is 39.3 Å². The summed E-state index contributed by atoms with van der Waals surface area (Å²) in [6, 6.07) is 8.43. The van der Waals surface area contributed by atoms with E-state index in [-0.39, 0.29) is 0 Å². The van der Waals surface area contributed by atoms with Gasteiger partial charge in [0, 0.05) is 6.61 Å². The predicted molar refractivity (Wildman–Crippen MR) is 83.4 cm³/mol. The Morgan fingerprint density at radius 2 is 1.39 bits per heavy atom. The maximum atomic E-state index is 5.93. The predicted octanol–water partition coefficient (Wildman–Crippen LogP) is 4.29. The quantitative estimate of drug-likeness (QED) is 0.725. The molecule has 0 saturated carbocycles. The normalized spacial score (nSPS) is 12.6. The van der Waals surface area contributed by atoms with Gasteiger partial charge in [0.15, 0.2) is 8.32 Å². The van der Waals surface area contributed by atoms with E-state index in [9.17, 15) is 0 Å². The van der Waals surface area contributed by atoms with E-state index in [4.69, 9.17) is 8.85 Å². The van der Waals surface area contributed by atoms with Gasteiger partial charge in [-0.3, -0.25) is 0 Å². The van der Waals surface area contributed by atoms with Crippen LogP contribution in [0.1, 0.15) is 5.56 Å². The SMILES string of the molecule is C[Si](C)(C)OCCc1ccc(O[Si](C)(C)C)cc1. The highest BCUT2D eigenvalue weighted by Gasteiger charge is 2.16. The summed E-state index contributed by atoms with van der Waals surface area (Å²) in [5.74, 6) is 0.990. The molecule has 2 nitrogen and oxygen atoms in total. The molecule has 0 aliphatic heterocycles. The van der Waals surface area contributed by atoms with E-state index in [0.29, 0.717) is 0 Å². The summed E-state index contributed by atoms with van der Waals surface area (Å²) in [6.07, 6.45) is 0.984. The Morgan fingerprint density at radius 1 is 0.833 bits per heavy atom. The van der Waals surface area contributed by atoms with Crippen molar-refractivity contribution in [1.82, 2.24) is 0 Å². The van der Waals surface area contributed by atoms with Crippen molar-refractivity contribution in [3.63, 3.8) is 0 Å². The lowest BCUT2D eigenvalue weighted by atomic mass is 10.2. The summed E-state index contributed by atoms with van der Waals surface area (Å²) in [4.78, 5) is 0. The van der Waals surface area contributed by atoms with Crippen molar-refractivity contribution < 1.29 is 8.85 Å². The number of hydrogen-bond donors (Lipinski definition) is 0. The van der Waals surface area contributed by atoms with Crippen LogP contribution in [0.3, 0.4) is 0 Å². The summed E-state index contributed by atoms with van der Waals surface area (Å²) in [6.45, 7) is 14.1. The fourth-order valence-electron chi connectivity index (χ4n) is 1.55. The minimum absolute atomic E-state index is 0.823. The van der Waals surface area contributed by atoms with E-state index in [2.05, 4.69) is 63.5 Å². The summed E-state index contributed by atoms with van der Waals surface area (Å²) in [5, 5.41) is 0. The molecule has 0 atom stereocenters. The lowest BCUT2D eigenvalue weighted by molar-refractivity contribution is 0.316. The van der Waals surface area contributed by atoms with Crippen LogP contribution in [0.15, 0.2) is 24.3 Å². The smallest absolute Gasteiger partial charge is 0.242 e. The molecular formula is C14H26O2Si2. The van der Waals surface area contributed by atoms with Crippen LogP contribution in [0.25, 0.3) is 0 Å². The lowest BCUT2D eigenvalue weighted by Crippen LogP contribution is -2.29. The number of benzene rings is 1. The van der Waals surface area contributed by atoms with E-state index >= 15 is 0 Å². The summed E-state index contributed by atoms with van der Waals surface area (Å²) < 4.78 is 11.8. The molecule has 0 aliphatic rings. The van der Waals surface area contributed by atoms with Gasteiger partial charge in [0.25, 0.3) is 0 Å². The second-order valence-corrected chi connectivity index (χ2v) is 15.5. The second-order valence-electron chi connectivity index (χ2n) is 6.57. The Kier molecular flexibility index (Phi) is 5.19. The lowest BCUT2D eigenvalue weighted by Gasteiger charge is -2.19. The van der Waals surface area contributed by atoms with Gasteiger partial charge < -0.3 is 8.85 Å². The van der Waals surface area contributed by atoms with Crippen LogP contribution < -0.4 is 4.43 Å². The maximum absolute atomic E-state index is 5.93. The molecule has 18 heavy (non-hydrogen) atoms. The molecule has 1 rings (SSSR count). The van der Waals surface area contributed by atoms with Gasteiger partial charge in [-0.05, 0) is 63.4 Å². The van der Waals surface area contributed by atoms with E-state index in [1.54, 1.807) is 0 Å². The van der Waals surface area contributed by atoms with Crippen molar-refractivity contribution in [1.29, 1.82) is 0 Å². The first kappa shape index (κ1) is 15.5. The standard InChI is InChI=1S/C14H26O2Si2/c1-17(2,3)15-12-11-13-7-9-14(10-8-13)16-18(4,5)6/h7-10H,11-12H2,1-6H3. The third-order valence-electron chi connectivity index (χ3n) is 2.27. The van der Waals surface area contributed by atoms with Gasteiger partial charge in [-0.25, -0.2) is 0 Å². The summed E-state index contributed by atoms with van der Waals surface area (Å²) in [7, 11) is -2.86. The molecule has 0 saturated heterocycles. The van der Waals surface area contributed by atoms with E-state index in [0.717, 1.165) is 18.8 Å². The first-order chi connectivity index (χ1) is 8.16.